The predicted octanol–water partition coefficient (Wildman–Crippen LogP) is 1.67. The first-order valence-electron chi connectivity index (χ1n) is 5.50. The summed E-state index contributed by atoms with van der Waals surface area (Å²) >= 11 is 0. The van der Waals surface area contributed by atoms with Crippen LogP contribution in [-0.4, -0.2) is 23.5 Å². The van der Waals surface area contributed by atoms with Gasteiger partial charge in [-0.25, -0.2) is 0 Å². The minimum atomic E-state index is -0.357. The Balaban J connectivity index is 2.34. The van der Waals surface area contributed by atoms with E-state index in [1.807, 2.05) is 6.92 Å². The van der Waals surface area contributed by atoms with E-state index in [2.05, 4.69) is 10.3 Å². The van der Waals surface area contributed by atoms with Crippen LogP contribution in [0, 0.1) is 6.92 Å². The Morgan fingerprint density at radius 1 is 1.35 bits per heavy atom. The quantitative estimate of drug-likeness (QED) is 0.789. The first-order chi connectivity index (χ1) is 8.11. The zero-order valence-corrected chi connectivity index (χ0v) is 10.0. The van der Waals surface area contributed by atoms with Gasteiger partial charge in [-0.3, -0.25) is 14.6 Å². The Morgan fingerprint density at radius 3 is 2.71 bits per heavy atom. The van der Waals surface area contributed by atoms with Crippen molar-refractivity contribution in [3.05, 3.63) is 24.0 Å². The minimum absolute atomic E-state index is 0.0962. The summed E-state index contributed by atoms with van der Waals surface area (Å²) in [6.45, 7) is 3.94. The third-order valence-corrected chi connectivity index (χ3v) is 2.06. The van der Waals surface area contributed by atoms with Gasteiger partial charge >= 0.3 is 5.97 Å². The molecule has 0 aliphatic carbocycles. The van der Waals surface area contributed by atoms with Crippen molar-refractivity contribution < 1.29 is 14.3 Å². The van der Waals surface area contributed by atoms with Gasteiger partial charge in [0.25, 0.3) is 0 Å². The van der Waals surface area contributed by atoms with E-state index in [4.69, 9.17) is 4.74 Å². The third kappa shape index (κ3) is 5.10. The van der Waals surface area contributed by atoms with Gasteiger partial charge in [-0.05, 0) is 26.0 Å². The number of nitrogens with zero attached hydrogens (tertiary/aromatic N) is 1. The lowest BCUT2D eigenvalue weighted by atomic mass is 10.3. The number of esters is 1. The van der Waals surface area contributed by atoms with Crippen LogP contribution >= 0.6 is 0 Å². The second kappa shape index (κ2) is 6.62. The Bertz CT molecular complexity index is 387. The summed E-state index contributed by atoms with van der Waals surface area (Å²) in [5.41, 5.74) is 1.51. The standard InChI is InChI=1S/C12H16N2O3/c1-3-17-12(16)7-6-11(15)14-10-5-4-9(2)13-8-10/h4-5,8H,3,6-7H2,1-2H3,(H,14,15). The molecule has 0 aliphatic rings. The van der Waals surface area contributed by atoms with E-state index >= 15 is 0 Å². The van der Waals surface area contributed by atoms with E-state index < -0.39 is 0 Å². The van der Waals surface area contributed by atoms with Gasteiger partial charge in [-0.15, -0.1) is 0 Å². The fourth-order valence-corrected chi connectivity index (χ4v) is 1.21. The number of amides is 1. The monoisotopic (exact) mass is 236 g/mol. The van der Waals surface area contributed by atoms with Gasteiger partial charge in [0, 0.05) is 12.1 Å². The molecule has 5 nitrogen and oxygen atoms in total. The molecule has 0 radical (unpaired) electrons. The molecule has 0 atom stereocenters. The summed E-state index contributed by atoms with van der Waals surface area (Å²) in [6.07, 6.45) is 1.79. The van der Waals surface area contributed by atoms with E-state index in [0.29, 0.717) is 12.3 Å². The molecular weight excluding hydrogens is 220 g/mol. The summed E-state index contributed by atoms with van der Waals surface area (Å²) in [5, 5.41) is 2.66. The molecule has 5 heteroatoms. The van der Waals surface area contributed by atoms with Crippen LogP contribution in [-0.2, 0) is 14.3 Å². The van der Waals surface area contributed by atoms with E-state index in [1.54, 1.807) is 25.3 Å². The Hall–Kier alpha value is -1.91. The molecule has 0 saturated heterocycles. The van der Waals surface area contributed by atoms with Gasteiger partial charge in [0.15, 0.2) is 0 Å². The molecule has 1 heterocycles. The first-order valence-corrected chi connectivity index (χ1v) is 5.50. The molecule has 1 aromatic heterocycles. The van der Waals surface area contributed by atoms with Crippen molar-refractivity contribution in [1.29, 1.82) is 0 Å². The number of ether oxygens (including phenoxy) is 1. The fourth-order valence-electron chi connectivity index (χ4n) is 1.21. The highest BCUT2D eigenvalue weighted by Gasteiger charge is 2.07. The second-order valence-corrected chi connectivity index (χ2v) is 3.54. The molecule has 0 spiro atoms. The second-order valence-electron chi connectivity index (χ2n) is 3.54. The Kier molecular flexibility index (Phi) is 5.13. The maximum atomic E-state index is 11.5. The van der Waals surface area contributed by atoms with Crippen molar-refractivity contribution in [2.45, 2.75) is 26.7 Å². The number of pyridine rings is 1. The molecule has 0 saturated carbocycles. The van der Waals surface area contributed by atoms with Crippen LogP contribution in [0.4, 0.5) is 5.69 Å². The van der Waals surface area contributed by atoms with Crippen LogP contribution in [0.5, 0.6) is 0 Å². The van der Waals surface area contributed by atoms with Crippen molar-refractivity contribution >= 4 is 17.6 Å². The van der Waals surface area contributed by atoms with Crippen LogP contribution < -0.4 is 5.32 Å². The summed E-state index contributed by atoms with van der Waals surface area (Å²) in [7, 11) is 0. The van der Waals surface area contributed by atoms with E-state index in [-0.39, 0.29) is 24.7 Å². The molecule has 1 aromatic rings. The number of carbonyl (C=O) groups is 2. The van der Waals surface area contributed by atoms with Gasteiger partial charge in [0.05, 0.1) is 24.9 Å². The van der Waals surface area contributed by atoms with Crippen molar-refractivity contribution in [2.75, 3.05) is 11.9 Å². The Labute approximate surface area is 100 Å². The van der Waals surface area contributed by atoms with Crippen LogP contribution in [0.2, 0.25) is 0 Å². The highest BCUT2D eigenvalue weighted by Crippen LogP contribution is 2.06. The molecule has 1 N–H and O–H groups in total. The van der Waals surface area contributed by atoms with Crippen LogP contribution in [0.3, 0.4) is 0 Å². The molecule has 0 fully saturated rings. The largest absolute Gasteiger partial charge is 0.466 e. The molecule has 0 unspecified atom stereocenters. The number of carbonyl (C=O) groups excluding carboxylic acids is 2. The minimum Gasteiger partial charge on any atom is -0.466 e. The number of anilines is 1. The van der Waals surface area contributed by atoms with Crippen molar-refractivity contribution in [1.82, 2.24) is 4.98 Å². The maximum Gasteiger partial charge on any atom is 0.306 e. The topological polar surface area (TPSA) is 68.3 Å². The number of aromatic nitrogens is 1. The number of hydrogen-bond acceptors (Lipinski definition) is 4. The summed E-state index contributed by atoms with van der Waals surface area (Å²) in [5.74, 6) is -0.576. The average Bonchev–Trinajstić information content (AvgIpc) is 2.30. The molecule has 0 aliphatic heterocycles. The predicted molar refractivity (Wildman–Crippen MR) is 63.5 cm³/mol. The van der Waals surface area contributed by atoms with Crippen molar-refractivity contribution in [3.8, 4) is 0 Å². The number of hydrogen-bond donors (Lipinski definition) is 1. The molecule has 1 rings (SSSR count). The normalized spacial score (nSPS) is 9.76. The van der Waals surface area contributed by atoms with E-state index in [9.17, 15) is 9.59 Å². The van der Waals surface area contributed by atoms with Crippen LogP contribution in [0.25, 0.3) is 0 Å². The lowest BCUT2D eigenvalue weighted by Crippen LogP contribution is -2.14. The number of rotatable bonds is 5. The highest BCUT2D eigenvalue weighted by molar-refractivity contribution is 5.92. The van der Waals surface area contributed by atoms with Gasteiger partial charge in [0.1, 0.15) is 0 Å². The van der Waals surface area contributed by atoms with Crippen molar-refractivity contribution in [2.24, 2.45) is 0 Å². The van der Waals surface area contributed by atoms with Crippen LogP contribution in [0.1, 0.15) is 25.5 Å². The van der Waals surface area contributed by atoms with Gasteiger partial charge in [-0.2, -0.15) is 0 Å². The summed E-state index contributed by atoms with van der Waals surface area (Å²) in [4.78, 5) is 26.5. The molecule has 0 bridgehead atoms. The average molecular weight is 236 g/mol. The van der Waals surface area contributed by atoms with Crippen LogP contribution in [0.15, 0.2) is 18.3 Å². The van der Waals surface area contributed by atoms with Gasteiger partial charge in [0.2, 0.25) is 5.91 Å². The van der Waals surface area contributed by atoms with Gasteiger partial charge < -0.3 is 10.1 Å². The summed E-state index contributed by atoms with van der Waals surface area (Å²) < 4.78 is 4.73. The van der Waals surface area contributed by atoms with E-state index in [0.717, 1.165) is 5.69 Å². The zero-order chi connectivity index (χ0) is 12.7. The van der Waals surface area contributed by atoms with Crippen molar-refractivity contribution in [3.63, 3.8) is 0 Å². The highest BCUT2D eigenvalue weighted by atomic mass is 16.5. The third-order valence-electron chi connectivity index (χ3n) is 2.06. The van der Waals surface area contributed by atoms with E-state index in [1.165, 1.54) is 0 Å². The summed E-state index contributed by atoms with van der Waals surface area (Å²) in [6, 6.07) is 3.57. The Morgan fingerprint density at radius 2 is 2.12 bits per heavy atom. The molecule has 92 valence electrons. The number of nitrogens with one attached hydrogen (secondary N) is 1. The molecule has 0 aromatic carbocycles. The smallest absolute Gasteiger partial charge is 0.306 e. The molecule has 1 amide bonds. The van der Waals surface area contributed by atoms with Gasteiger partial charge in [-0.1, -0.05) is 0 Å². The molecular formula is C12H16N2O3. The first kappa shape index (κ1) is 13.2. The zero-order valence-electron chi connectivity index (χ0n) is 10.0. The fraction of sp³-hybridized carbons (Fsp3) is 0.417. The lowest BCUT2D eigenvalue weighted by molar-refractivity contribution is -0.144. The SMILES string of the molecule is CCOC(=O)CCC(=O)Nc1ccc(C)nc1. The number of aryl methyl sites for hydroxylation is 1. The maximum absolute atomic E-state index is 11.5. The lowest BCUT2D eigenvalue weighted by Gasteiger charge is -2.04. The molecule has 17 heavy (non-hydrogen) atoms.